The number of methoxy groups -OCH3 is 2. The first-order chi connectivity index (χ1) is 14.8. The maximum Gasteiger partial charge on any atom is 0.214 e. The van der Waals surface area contributed by atoms with Gasteiger partial charge in [-0.3, -0.25) is 0 Å². The first kappa shape index (κ1) is 20.3. The van der Waals surface area contributed by atoms with Gasteiger partial charge >= 0.3 is 0 Å². The number of tetrazole rings is 1. The molecule has 0 saturated carbocycles. The van der Waals surface area contributed by atoms with Gasteiger partial charge in [0.15, 0.2) is 6.04 Å². The Morgan fingerprint density at radius 3 is 2.57 bits per heavy atom. The molecule has 8 heteroatoms. The van der Waals surface area contributed by atoms with E-state index in [0.717, 1.165) is 37.8 Å². The Bertz CT molecular complexity index is 924. The van der Waals surface area contributed by atoms with Crippen LogP contribution < -0.4 is 14.5 Å². The summed E-state index contributed by atoms with van der Waals surface area (Å²) in [4.78, 5) is 3.89. The Labute approximate surface area is 177 Å². The number of hydrogen-bond donors (Lipinski definition) is 1. The van der Waals surface area contributed by atoms with E-state index >= 15 is 0 Å². The smallest absolute Gasteiger partial charge is 0.214 e. The van der Waals surface area contributed by atoms with Crippen molar-refractivity contribution < 1.29 is 14.4 Å². The molecule has 0 bridgehead atoms. The number of rotatable bonds is 8. The van der Waals surface area contributed by atoms with E-state index in [-0.39, 0.29) is 6.04 Å². The van der Waals surface area contributed by atoms with Crippen LogP contribution in [-0.4, -0.2) is 67.2 Å². The summed E-state index contributed by atoms with van der Waals surface area (Å²) < 4.78 is 12.5. The van der Waals surface area contributed by atoms with Gasteiger partial charge in [0, 0.05) is 24.4 Å². The number of hydrogen-bond acceptors (Lipinski definition) is 6. The van der Waals surface area contributed by atoms with Crippen LogP contribution in [0.1, 0.15) is 17.4 Å². The predicted octanol–water partition coefficient (Wildman–Crippen LogP) is 0.823. The fourth-order valence-corrected chi connectivity index (χ4v) is 4.12. The molecular weight excluding hydrogens is 380 g/mol. The van der Waals surface area contributed by atoms with Crippen LogP contribution in [0.15, 0.2) is 54.6 Å². The molecule has 1 aliphatic heterocycles. The first-order valence-electron chi connectivity index (χ1n) is 10.3. The fraction of sp³-hybridized carbons (Fsp3) is 0.409. The summed E-state index contributed by atoms with van der Waals surface area (Å²) in [6, 6.07) is 18.9. The zero-order chi connectivity index (χ0) is 20.8. The van der Waals surface area contributed by atoms with Crippen molar-refractivity contribution in [3.05, 3.63) is 66.0 Å². The highest BCUT2D eigenvalue weighted by atomic mass is 16.5. The lowest BCUT2D eigenvalue weighted by Crippen LogP contribution is -3.15. The number of anilines is 1. The van der Waals surface area contributed by atoms with Crippen LogP contribution in [0, 0.1) is 0 Å². The van der Waals surface area contributed by atoms with Gasteiger partial charge in [0.1, 0.15) is 5.75 Å². The molecule has 1 atom stereocenters. The molecule has 1 N–H and O–H groups in total. The second-order valence-corrected chi connectivity index (χ2v) is 7.44. The average molecular weight is 410 g/mol. The number of quaternary nitrogens is 1. The molecule has 30 heavy (non-hydrogen) atoms. The van der Waals surface area contributed by atoms with Gasteiger partial charge in [0.05, 0.1) is 46.4 Å². The van der Waals surface area contributed by atoms with E-state index in [1.165, 1.54) is 16.2 Å². The van der Waals surface area contributed by atoms with Gasteiger partial charge in [-0.1, -0.05) is 36.4 Å². The van der Waals surface area contributed by atoms with Crippen LogP contribution in [0.25, 0.3) is 0 Å². The molecule has 0 radical (unpaired) electrons. The van der Waals surface area contributed by atoms with Crippen LogP contribution in [-0.2, 0) is 11.3 Å². The van der Waals surface area contributed by atoms with Crippen LogP contribution in [0.3, 0.4) is 0 Å². The second kappa shape index (κ2) is 9.69. The van der Waals surface area contributed by atoms with Crippen LogP contribution in [0.5, 0.6) is 5.75 Å². The lowest BCUT2D eigenvalue weighted by Gasteiger charge is -2.37. The van der Waals surface area contributed by atoms with Crippen LogP contribution >= 0.6 is 0 Å². The Balaban J connectivity index is 1.55. The van der Waals surface area contributed by atoms with Crippen molar-refractivity contribution in [3.8, 4) is 5.75 Å². The van der Waals surface area contributed by atoms with E-state index in [1.807, 2.05) is 22.9 Å². The van der Waals surface area contributed by atoms with Gasteiger partial charge in [-0.2, -0.15) is 0 Å². The molecule has 1 saturated heterocycles. The molecule has 2 aromatic carbocycles. The highest BCUT2D eigenvalue weighted by molar-refractivity contribution is 5.50. The summed E-state index contributed by atoms with van der Waals surface area (Å²) in [6.45, 7) is 5.14. The van der Waals surface area contributed by atoms with Gasteiger partial charge in [0.2, 0.25) is 5.82 Å². The van der Waals surface area contributed by atoms with Crippen molar-refractivity contribution in [2.24, 2.45) is 0 Å². The Kier molecular flexibility index (Phi) is 6.56. The van der Waals surface area contributed by atoms with Crippen LogP contribution in [0.4, 0.5) is 5.69 Å². The number of piperazine rings is 1. The minimum atomic E-state index is 0.0884. The van der Waals surface area contributed by atoms with Gasteiger partial charge in [-0.25, -0.2) is 4.68 Å². The lowest BCUT2D eigenvalue weighted by atomic mass is 10.0. The first-order valence-corrected chi connectivity index (χ1v) is 10.3. The maximum atomic E-state index is 5.39. The Morgan fingerprint density at radius 2 is 1.83 bits per heavy atom. The average Bonchev–Trinajstić information content (AvgIpc) is 3.27. The Hall–Kier alpha value is -2.97. The number of ether oxygens (including phenoxy) is 2. The lowest BCUT2D eigenvalue weighted by molar-refractivity contribution is -0.927. The number of nitrogens with zero attached hydrogens (tertiary/aromatic N) is 5. The third-order valence-electron chi connectivity index (χ3n) is 5.69. The molecular formula is C22H29N6O2+. The monoisotopic (exact) mass is 409 g/mol. The quantitative estimate of drug-likeness (QED) is 0.594. The predicted molar refractivity (Wildman–Crippen MR) is 114 cm³/mol. The van der Waals surface area contributed by atoms with E-state index in [9.17, 15) is 0 Å². The largest absolute Gasteiger partial charge is 0.497 e. The maximum absolute atomic E-state index is 5.39. The SMILES string of the molecule is COCCn1nnnc1[C@@H](c1ccccc1)[NH+]1CCN(c2cccc(OC)c2)CC1. The van der Waals surface area contributed by atoms with Crippen molar-refractivity contribution in [2.45, 2.75) is 12.6 Å². The zero-order valence-electron chi connectivity index (χ0n) is 17.6. The van der Waals surface area contributed by atoms with E-state index < -0.39 is 0 Å². The normalized spacial score (nSPS) is 15.9. The van der Waals surface area contributed by atoms with Gasteiger partial charge in [-0.15, -0.1) is 5.10 Å². The molecule has 1 aliphatic rings. The molecule has 8 nitrogen and oxygen atoms in total. The summed E-state index contributed by atoms with van der Waals surface area (Å²) in [6.07, 6.45) is 0. The molecule has 2 heterocycles. The van der Waals surface area contributed by atoms with E-state index in [1.54, 1.807) is 14.2 Å². The van der Waals surface area contributed by atoms with Gasteiger partial charge in [0.25, 0.3) is 0 Å². The van der Waals surface area contributed by atoms with Crippen molar-refractivity contribution in [1.29, 1.82) is 0 Å². The third kappa shape index (κ3) is 4.44. The van der Waals surface area contributed by atoms with E-state index in [4.69, 9.17) is 9.47 Å². The number of benzene rings is 2. The fourth-order valence-electron chi connectivity index (χ4n) is 4.12. The summed E-state index contributed by atoms with van der Waals surface area (Å²) in [5.41, 5.74) is 2.44. The van der Waals surface area contributed by atoms with E-state index in [0.29, 0.717) is 13.2 Å². The van der Waals surface area contributed by atoms with Crippen molar-refractivity contribution in [2.75, 3.05) is 51.9 Å². The van der Waals surface area contributed by atoms with Crippen molar-refractivity contribution in [3.63, 3.8) is 0 Å². The summed E-state index contributed by atoms with van der Waals surface area (Å²) >= 11 is 0. The molecule has 0 spiro atoms. The van der Waals surface area contributed by atoms with E-state index in [2.05, 4.69) is 56.8 Å². The zero-order valence-corrected chi connectivity index (χ0v) is 17.6. The molecule has 0 amide bonds. The highest BCUT2D eigenvalue weighted by Crippen LogP contribution is 2.22. The summed E-state index contributed by atoms with van der Waals surface area (Å²) in [5, 5.41) is 12.6. The molecule has 0 aliphatic carbocycles. The summed E-state index contributed by atoms with van der Waals surface area (Å²) in [7, 11) is 3.40. The standard InChI is InChI=1S/C22H28N6O2/c1-29-16-15-28-22(23-24-25-28)21(18-7-4-3-5-8-18)27-13-11-26(12-14-27)19-9-6-10-20(17-19)30-2/h3-10,17,21H,11-16H2,1-2H3/p+1/t21-/m1/s1. The van der Waals surface area contributed by atoms with Crippen LogP contribution in [0.2, 0.25) is 0 Å². The second-order valence-electron chi connectivity index (χ2n) is 7.44. The minimum Gasteiger partial charge on any atom is -0.497 e. The molecule has 3 aromatic rings. The Morgan fingerprint density at radius 1 is 1.03 bits per heavy atom. The molecule has 158 valence electrons. The highest BCUT2D eigenvalue weighted by Gasteiger charge is 2.34. The van der Waals surface area contributed by atoms with Gasteiger partial charge in [-0.05, 0) is 22.6 Å². The van der Waals surface area contributed by atoms with Crippen molar-refractivity contribution >= 4 is 5.69 Å². The van der Waals surface area contributed by atoms with Gasteiger partial charge < -0.3 is 19.3 Å². The molecule has 4 rings (SSSR count). The minimum absolute atomic E-state index is 0.0884. The topological polar surface area (TPSA) is 69.7 Å². The third-order valence-corrected chi connectivity index (χ3v) is 5.69. The van der Waals surface area contributed by atoms with Crippen molar-refractivity contribution in [1.82, 2.24) is 20.2 Å². The number of aromatic nitrogens is 4. The summed E-state index contributed by atoms with van der Waals surface area (Å²) in [5.74, 6) is 1.78. The molecule has 1 aromatic heterocycles. The molecule has 1 fully saturated rings. The molecule has 0 unspecified atom stereocenters. The number of nitrogens with one attached hydrogen (secondary N) is 1.